The number of ether oxygens (including phenoxy) is 1. The zero-order chi connectivity index (χ0) is 25.6. The third-order valence-corrected chi connectivity index (χ3v) is 6.71. The molecule has 0 saturated carbocycles. The van der Waals surface area contributed by atoms with Gasteiger partial charge in [0.15, 0.2) is 5.82 Å². The van der Waals surface area contributed by atoms with Crippen molar-refractivity contribution < 1.29 is 23.4 Å². The zero-order valence-corrected chi connectivity index (χ0v) is 19.9. The summed E-state index contributed by atoms with van der Waals surface area (Å²) in [5, 5.41) is 11.7. The second-order valence-corrected chi connectivity index (χ2v) is 8.88. The fourth-order valence-corrected chi connectivity index (χ4v) is 4.98. The molecule has 1 saturated heterocycles. The number of primary amides is 1. The number of aromatic hydroxyl groups is 1. The van der Waals surface area contributed by atoms with Crippen molar-refractivity contribution >= 4 is 33.4 Å². The fraction of sp³-hybridized carbons (Fsp3) is 0.308. The third kappa shape index (κ3) is 3.92. The Morgan fingerprint density at radius 2 is 2.08 bits per heavy atom. The van der Waals surface area contributed by atoms with E-state index in [1.807, 2.05) is 4.90 Å². The molecule has 186 valence electrons. The van der Waals surface area contributed by atoms with E-state index in [-0.39, 0.29) is 34.5 Å². The van der Waals surface area contributed by atoms with Gasteiger partial charge in [0.2, 0.25) is 5.91 Å². The van der Waals surface area contributed by atoms with Crippen LogP contribution in [0.2, 0.25) is 0 Å². The van der Waals surface area contributed by atoms with E-state index in [1.54, 1.807) is 13.0 Å². The highest BCUT2D eigenvalue weighted by molar-refractivity contribution is 6.01. The Bertz CT molecular complexity index is 1510. The second-order valence-electron chi connectivity index (χ2n) is 8.88. The van der Waals surface area contributed by atoms with Crippen molar-refractivity contribution in [3.63, 3.8) is 0 Å². The number of amides is 1. The van der Waals surface area contributed by atoms with Gasteiger partial charge in [-0.2, -0.15) is 9.97 Å². The van der Waals surface area contributed by atoms with Crippen LogP contribution < -0.4 is 15.4 Å². The number of phenolic OH excluding ortho intramolecular Hbond substituents is 1. The summed E-state index contributed by atoms with van der Waals surface area (Å²) in [6.07, 6.45) is 3.21. The van der Waals surface area contributed by atoms with Gasteiger partial charge in [-0.1, -0.05) is 13.0 Å². The number of hydrogen-bond acceptors (Lipinski definition) is 7. The van der Waals surface area contributed by atoms with Crippen LogP contribution in [0, 0.1) is 17.6 Å². The first-order valence-corrected chi connectivity index (χ1v) is 11.7. The Hall–Kier alpha value is -4.08. The number of aromatic nitrogens is 3. The number of halogens is 2. The summed E-state index contributed by atoms with van der Waals surface area (Å²) in [6, 6.07) is 5.71. The molecule has 36 heavy (non-hydrogen) atoms. The first-order valence-electron chi connectivity index (χ1n) is 11.7. The first-order chi connectivity index (χ1) is 17.3. The SMILES string of the molecule is CCc1c(F)ccc2cc(O)cc(-c3ncc4c(N5CCCC(C(N)=O)C5)nc(OC)nc4c3F)c12. The average Bonchev–Trinajstić information content (AvgIpc) is 2.88. The standard InChI is InChI=1S/C26H25F2N5O3/c1-3-16-19(27)7-6-13-9-15(34)10-17(20(13)16)22-21(28)23-18(11-30-22)25(32-26(31-23)36-2)33-8-4-5-14(12-33)24(29)35/h6-7,9-11,14,34H,3-5,8,12H2,1-2H3,(H2,29,35). The number of phenols is 1. The van der Waals surface area contributed by atoms with Gasteiger partial charge in [0.1, 0.15) is 28.6 Å². The predicted molar refractivity (Wildman–Crippen MR) is 132 cm³/mol. The first kappa shape index (κ1) is 23.7. The number of anilines is 1. The van der Waals surface area contributed by atoms with E-state index in [1.165, 1.54) is 31.5 Å². The fourth-order valence-electron chi connectivity index (χ4n) is 4.98. The van der Waals surface area contributed by atoms with Crippen molar-refractivity contribution in [1.82, 2.24) is 15.0 Å². The summed E-state index contributed by atoms with van der Waals surface area (Å²) in [7, 11) is 1.38. The van der Waals surface area contributed by atoms with Gasteiger partial charge in [-0.05, 0) is 53.8 Å². The van der Waals surface area contributed by atoms with Crippen LogP contribution in [-0.2, 0) is 11.2 Å². The molecule has 0 radical (unpaired) electrons. The summed E-state index contributed by atoms with van der Waals surface area (Å²) in [4.78, 5) is 26.7. The smallest absolute Gasteiger partial charge is 0.318 e. The average molecular weight is 494 g/mol. The van der Waals surface area contributed by atoms with Crippen molar-refractivity contribution in [3.8, 4) is 23.0 Å². The molecule has 0 spiro atoms. The number of hydrogen-bond donors (Lipinski definition) is 2. The molecule has 2 aromatic carbocycles. The van der Waals surface area contributed by atoms with E-state index >= 15 is 4.39 Å². The highest BCUT2D eigenvalue weighted by Crippen LogP contribution is 2.39. The van der Waals surface area contributed by atoms with Crippen LogP contribution in [0.25, 0.3) is 32.9 Å². The Labute approximate surface area is 205 Å². The normalized spacial score (nSPS) is 16.0. The van der Waals surface area contributed by atoms with Crippen LogP contribution >= 0.6 is 0 Å². The highest BCUT2D eigenvalue weighted by Gasteiger charge is 2.28. The lowest BCUT2D eigenvalue weighted by Gasteiger charge is -2.32. The lowest BCUT2D eigenvalue weighted by molar-refractivity contribution is -0.122. The van der Waals surface area contributed by atoms with Crippen molar-refractivity contribution in [2.75, 3.05) is 25.1 Å². The van der Waals surface area contributed by atoms with Gasteiger partial charge in [0, 0.05) is 24.8 Å². The Morgan fingerprint density at radius 1 is 1.28 bits per heavy atom. The largest absolute Gasteiger partial charge is 0.508 e. The quantitative estimate of drug-likeness (QED) is 0.430. The second kappa shape index (κ2) is 9.18. The third-order valence-electron chi connectivity index (χ3n) is 6.71. The molecule has 1 aliphatic rings. The lowest BCUT2D eigenvalue weighted by Crippen LogP contribution is -2.41. The maximum atomic E-state index is 16.1. The molecule has 2 aromatic heterocycles. The van der Waals surface area contributed by atoms with E-state index in [0.717, 1.165) is 6.42 Å². The van der Waals surface area contributed by atoms with Gasteiger partial charge in [-0.15, -0.1) is 0 Å². The van der Waals surface area contributed by atoms with Crippen molar-refractivity contribution in [1.29, 1.82) is 0 Å². The molecule has 10 heteroatoms. The molecule has 1 aliphatic heterocycles. The molecule has 8 nitrogen and oxygen atoms in total. The number of benzene rings is 2. The van der Waals surface area contributed by atoms with Crippen molar-refractivity contribution in [3.05, 3.63) is 47.7 Å². The molecule has 5 rings (SSSR count). The number of rotatable bonds is 5. The van der Waals surface area contributed by atoms with E-state index < -0.39 is 17.5 Å². The maximum Gasteiger partial charge on any atom is 0.318 e. The molecule has 1 unspecified atom stereocenters. The van der Waals surface area contributed by atoms with Crippen LogP contribution in [0.5, 0.6) is 11.8 Å². The van der Waals surface area contributed by atoms with E-state index in [4.69, 9.17) is 10.5 Å². The molecule has 1 atom stereocenters. The monoisotopic (exact) mass is 493 g/mol. The van der Waals surface area contributed by atoms with Gasteiger partial charge in [-0.3, -0.25) is 9.78 Å². The van der Waals surface area contributed by atoms with Crippen LogP contribution in [0.1, 0.15) is 25.3 Å². The molecule has 1 fully saturated rings. The summed E-state index contributed by atoms with van der Waals surface area (Å²) in [6.45, 7) is 2.74. The summed E-state index contributed by atoms with van der Waals surface area (Å²) in [5.74, 6) is -1.63. The van der Waals surface area contributed by atoms with E-state index in [9.17, 15) is 14.3 Å². The highest BCUT2D eigenvalue weighted by atomic mass is 19.1. The molecular formula is C26H25F2N5O3. The molecule has 3 heterocycles. The van der Waals surface area contributed by atoms with Crippen molar-refractivity contribution in [2.24, 2.45) is 11.7 Å². The summed E-state index contributed by atoms with van der Waals surface area (Å²) < 4.78 is 36.1. The maximum absolute atomic E-state index is 16.1. The van der Waals surface area contributed by atoms with Gasteiger partial charge >= 0.3 is 6.01 Å². The minimum Gasteiger partial charge on any atom is -0.508 e. The van der Waals surface area contributed by atoms with Gasteiger partial charge in [0.05, 0.1) is 18.4 Å². The lowest BCUT2D eigenvalue weighted by atomic mass is 9.94. The number of methoxy groups -OCH3 is 1. The van der Waals surface area contributed by atoms with E-state index in [2.05, 4.69) is 15.0 Å². The van der Waals surface area contributed by atoms with Gasteiger partial charge in [-0.25, -0.2) is 8.78 Å². The number of piperidine rings is 1. The Balaban J connectivity index is 1.75. The number of nitrogens with two attached hydrogens (primary N) is 1. The molecular weight excluding hydrogens is 468 g/mol. The number of aryl methyl sites for hydroxylation is 1. The van der Waals surface area contributed by atoms with Crippen LogP contribution in [0.4, 0.5) is 14.6 Å². The summed E-state index contributed by atoms with van der Waals surface area (Å²) in [5.41, 5.74) is 6.08. The molecule has 1 amide bonds. The number of carbonyl (C=O) groups excluding carboxylic acids is 1. The van der Waals surface area contributed by atoms with E-state index in [0.29, 0.717) is 53.5 Å². The molecule has 3 N–H and O–H groups in total. The van der Waals surface area contributed by atoms with Crippen molar-refractivity contribution in [2.45, 2.75) is 26.2 Å². The van der Waals surface area contributed by atoms with Crippen LogP contribution in [-0.4, -0.2) is 46.2 Å². The minimum atomic E-state index is -0.754. The zero-order valence-electron chi connectivity index (χ0n) is 19.9. The Kier molecular flexibility index (Phi) is 6.03. The number of pyridine rings is 1. The number of fused-ring (bicyclic) bond motifs is 2. The number of nitrogens with zero attached hydrogens (tertiary/aromatic N) is 4. The summed E-state index contributed by atoms with van der Waals surface area (Å²) >= 11 is 0. The minimum absolute atomic E-state index is 0.0333. The number of carbonyl (C=O) groups is 1. The van der Waals surface area contributed by atoms with Gasteiger partial charge < -0.3 is 20.5 Å². The molecule has 4 aromatic rings. The molecule has 0 bridgehead atoms. The Morgan fingerprint density at radius 3 is 2.81 bits per heavy atom. The predicted octanol–water partition coefficient (Wildman–Crippen LogP) is 4.10. The van der Waals surface area contributed by atoms with Crippen LogP contribution in [0.3, 0.4) is 0 Å². The van der Waals surface area contributed by atoms with Gasteiger partial charge in [0.25, 0.3) is 0 Å². The van der Waals surface area contributed by atoms with Crippen LogP contribution in [0.15, 0.2) is 30.5 Å². The molecule has 0 aliphatic carbocycles. The topological polar surface area (TPSA) is 114 Å².